The van der Waals surface area contributed by atoms with E-state index in [4.69, 9.17) is 0 Å². The van der Waals surface area contributed by atoms with Crippen LogP contribution >= 0.6 is 0 Å². The Morgan fingerprint density at radius 2 is 1.52 bits per heavy atom. The van der Waals surface area contributed by atoms with E-state index in [1.165, 1.54) is 13.0 Å². The van der Waals surface area contributed by atoms with Crippen LogP contribution in [0.25, 0.3) is 0 Å². The molecule has 1 unspecified atom stereocenters. The van der Waals surface area contributed by atoms with E-state index in [9.17, 15) is 20.0 Å². The molecule has 6 nitrogen and oxygen atoms in total. The van der Waals surface area contributed by atoms with Gasteiger partial charge in [0.25, 0.3) is 5.69 Å². The minimum Gasteiger partial charge on any atom is -0.507 e. The third-order valence-corrected chi connectivity index (χ3v) is 4.87. The number of carbonyl (C=O) groups excluding carboxylic acids is 1. The number of para-hydroxylation sites is 1. The maximum absolute atomic E-state index is 12.0. The van der Waals surface area contributed by atoms with Crippen molar-refractivity contribution in [2.45, 2.75) is 65.3 Å². The molecule has 1 atom stereocenters. The van der Waals surface area contributed by atoms with Gasteiger partial charge < -0.3 is 10.4 Å². The lowest BCUT2D eigenvalue weighted by atomic mass is 9.77. The Kier molecular flexibility index (Phi) is 6.07. The number of nitro groups is 1. The summed E-state index contributed by atoms with van der Waals surface area (Å²) < 4.78 is 0. The van der Waals surface area contributed by atoms with Crippen LogP contribution in [-0.4, -0.2) is 15.9 Å². The molecule has 2 rings (SSSR count). The number of amides is 1. The van der Waals surface area contributed by atoms with E-state index in [0.717, 1.165) is 11.1 Å². The highest BCUT2D eigenvalue weighted by Crippen LogP contribution is 2.42. The minimum atomic E-state index is -0.711. The summed E-state index contributed by atoms with van der Waals surface area (Å²) in [4.78, 5) is 23.1. The van der Waals surface area contributed by atoms with Crippen molar-refractivity contribution in [2.75, 3.05) is 0 Å². The fourth-order valence-corrected chi connectivity index (χ4v) is 3.41. The summed E-state index contributed by atoms with van der Waals surface area (Å²) in [5, 5.41) is 25.4. The van der Waals surface area contributed by atoms with E-state index in [1.807, 2.05) is 53.7 Å². The summed E-state index contributed by atoms with van der Waals surface area (Å²) >= 11 is 0. The molecule has 0 aliphatic heterocycles. The minimum absolute atomic E-state index is 0.0612. The number of carbonyl (C=O) groups is 1. The van der Waals surface area contributed by atoms with Gasteiger partial charge in [0.1, 0.15) is 5.75 Å². The molecule has 2 aromatic rings. The Hall–Kier alpha value is -2.89. The monoisotopic (exact) mass is 398 g/mol. The fourth-order valence-electron chi connectivity index (χ4n) is 3.41. The van der Waals surface area contributed by atoms with Gasteiger partial charge in [0.2, 0.25) is 5.91 Å². The van der Waals surface area contributed by atoms with Gasteiger partial charge in [-0.2, -0.15) is 0 Å². The second kappa shape index (κ2) is 7.85. The lowest BCUT2D eigenvalue weighted by Gasteiger charge is -2.30. The smallest absolute Gasteiger partial charge is 0.275 e. The Labute approximate surface area is 172 Å². The Morgan fingerprint density at radius 3 is 1.93 bits per heavy atom. The summed E-state index contributed by atoms with van der Waals surface area (Å²) in [6.07, 6.45) is 0. The van der Waals surface area contributed by atoms with Gasteiger partial charge in [-0.05, 0) is 45.7 Å². The maximum Gasteiger partial charge on any atom is 0.275 e. The lowest BCUT2D eigenvalue weighted by Crippen LogP contribution is -2.28. The highest BCUT2D eigenvalue weighted by molar-refractivity contribution is 5.74. The Balaban J connectivity index is 2.85. The molecule has 29 heavy (non-hydrogen) atoms. The number of phenols is 1. The number of hydrogen-bond acceptors (Lipinski definition) is 4. The molecular formula is C23H30N2O4. The van der Waals surface area contributed by atoms with Crippen molar-refractivity contribution >= 4 is 11.6 Å². The van der Waals surface area contributed by atoms with Crippen LogP contribution in [-0.2, 0) is 15.6 Å². The van der Waals surface area contributed by atoms with E-state index in [1.54, 1.807) is 18.2 Å². The first-order chi connectivity index (χ1) is 13.2. The second-order valence-electron chi connectivity index (χ2n) is 9.41. The summed E-state index contributed by atoms with van der Waals surface area (Å²) in [6, 6.07) is 9.36. The number of rotatable bonds is 4. The zero-order chi connectivity index (χ0) is 22.1. The van der Waals surface area contributed by atoms with Crippen LogP contribution in [0, 0.1) is 10.1 Å². The summed E-state index contributed by atoms with van der Waals surface area (Å²) in [6.45, 7) is 13.4. The predicted octanol–water partition coefficient (Wildman–Crippen LogP) is 5.12. The van der Waals surface area contributed by atoms with E-state index < -0.39 is 11.0 Å². The first kappa shape index (κ1) is 22.4. The number of nitrogens with zero attached hydrogens (tertiary/aromatic N) is 1. The molecule has 0 bridgehead atoms. The van der Waals surface area contributed by atoms with Gasteiger partial charge >= 0.3 is 0 Å². The second-order valence-corrected chi connectivity index (χ2v) is 9.41. The van der Waals surface area contributed by atoms with Crippen LogP contribution in [0.3, 0.4) is 0 Å². The van der Waals surface area contributed by atoms with Gasteiger partial charge in [-0.15, -0.1) is 0 Å². The molecule has 2 N–H and O–H groups in total. The van der Waals surface area contributed by atoms with Gasteiger partial charge in [0.15, 0.2) is 0 Å². The van der Waals surface area contributed by atoms with Crippen molar-refractivity contribution in [2.24, 2.45) is 0 Å². The fraction of sp³-hybridized carbons (Fsp3) is 0.435. The average molecular weight is 399 g/mol. The molecule has 0 saturated heterocycles. The normalized spacial score (nSPS) is 13.1. The molecule has 0 heterocycles. The highest BCUT2D eigenvalue weighted by atomic mass is 16.6. The first-order valence-corrected chi connectivity index (χ1v) is 9.61. The summed E-state index contributed by atoms with van der Waals surface area (Å²) in [5.41, 5.74) is 1.78. The molecule has 0 spiro atoms. The lowest BCUT2D eigenvalue weighted by molar-refractivity contribution is -0.385. The SMILES string of the molecule is CC(=O)NC(c1cc(C(C)(C)C)c(O)c(C(C)(C)C)c1)c1ccccc1[N+](=O)[O-]. The van der Waals surface area contributed by atoms with E-state index >= 15 is 0 Å². The number of phenolic OH excluding ortho intramolecular Hbond substituents is 1. The molecule has 0 aliphatic carbocycles. The topological polar surface area (TPSA) is 92.5 Å². The van der Waals surface area contributed by atoms with Gasteiger partial charge in [-0.3, -0.25) is 14.9 Å². The molecule has 0 saturated carbocycles. The number of benzene rings is 2. The molecule has 6 heteroatoms. The van der Waals surface area contributed by atoms with Gasteiger partial charge in [0, 0.05) is 13.0 Å². The van der Waals surface area contributed by atoms with Gasteiger partial charge in [-0.1, -0.05) is 53.7 Å². The van der Waals surface area contributed by atoms with Crippen molar-refractivity contribution in [3.8, 4) is 5.75 Å². The van der Waals surface area contributed by atoms with E-state index in [2.05, 4.69) is 5.32 Å². The third-order valence-electron chi connectivity index (χ3n) is 4.87. The first-order valence-electron chi connectivity index (χ1n) is 9.61. The molecule has 156 valence electrons. The predicted molar refractivity (Wildman–Crippen MR) is 114 cm³/mol. The Morgan fingerprint density at radius 1 is 1.03 bits per heavy atom. The number of nitro benzene ring substituents is 1. The molecular weight excluding hydrogens is 368 g/mol. The molecule has 1 amide bonds. The molecule has 0 radical (unpaired) electrons. The quantitative estimate of drug-likeness (QED) is 0.552. The highest BCUT2D eigenvalue weighted by Gasteiger charge is 2.30. The number of hydrogen-bond donors (Lipinski definition) is 2. The summed E-state index contributed by atoms with van der Waals surface area (Å²) in [5.74, 6) is -0.0753. The number of nitrogens with one attached hydrogen (secondary N) is 1. The van der Waals surface area contributed by atoms with Crippen molar-refractivity contribution < 1.29 is 14.8 Å². The largest absolute Gasteiger partial charge is 0.507 e. The van der Waals surface area contributed by atoms with E-state index in [0.29, 0.717) is 11.1 Å². The van der Waals surface area contributed by atoms with Gasteiger partial charge in [0.05, 0.1) is 16.5 Å². The van der Waals surface area contributed by atoms with Crippen molar-refractivity contribution in [1.82, 2.24) is 5.32 Å². The van der Waals surface area contributed by atoms with Crippen LogP contribution in [0.4, 0.5) is 5.69 Å². The van der Waals surface area contributed by atoms with Crippen LogP contribution < -0.4 is 5.32 Å². The van der Waals surface area contributed by atoms with Crippen molar-refractivity contribution in [3.63, 3.8) is 0 Å². The van der Waals surface area contributed by atoms with Crippen LogP contribution in [0.5, 0.6) is 5.75 Å². The average Bonchev–Trinajstić information content (AvgIpc) is 2.57. The maximum atomic E-state index is 12.0. The summed E-state index contributed by atoms with van der Waals surface area (Å²) in [7, 11) is 0. The number of aromatic hydroxyl groups is 1. The molecule has 0 aliphatic rings. The third kappa shape index (κ3) is 4.94. The zero-order valence-electron chi connectivity index (χ0n) is 18.2. The van der Waals surface area contributed by atoms with Crippen molar-refractivity contribution in [1.29, 1.82) is 0 Å². The van der Waals surface area contributed by atoms with E-state index in [-0.39, 0.29) is 28.2 Å². The zero-order valence-corrected chi connectivity index (χ0v) is 18.2. The molecule has 0 aromatic heterocycles. The van der Waals surface area contributed by atoms with Crippen molar-refractivity contribution in [3.05, 3.63) is 68.8 Å². The Bertz CT molecular complexity index is 902. The molecule has 0 fully saturated rings. The van der Waals surface area contributed by atoms with Crippen LogP contribution in [0.2, 0.25) is 0 Å². The van der Waals surface area contributed by atoms with Crippen LogP contribution in [0.15, 0.2) is 36.4 Å². The van der Waals surface area contributed by atoms with Crippen LogP contribution in [0.1, 0.15) is 76.8 Å². The van der Waals surface area contributed by atoms with Gasteiger partial charge in [-0.25, -0.2) is 0 Å². The standard InChI is InChI=1S/C23H30N2O4/c1-14(26)24-20(16-10-8-9-11-19(16)25(28)29)15-12-17(22(2,3)4)21(27)18(13-15)23(5,6)7/h8-13,20,27H,1-7H3,(H,24,26). The molecule has 2 aromatic carbocycles.